The van der Waals surface area contributed by atoms with Crippen LogP contribution < -0.4 is 9.47 Å². The Labute approximate surface area is 174 Å². The monoisotopic (exact) mass is 442 g/mol. The predicted molar refractivity (Wildman–Crippen MR) is 106 cm³/mol. The Balaban J connectivity index is 1.76. The van der Waals surface area contributed by atoms with Crippen LogP contribution in [-0.2, 0) is 6.61 Å². The van der Waals surface area contributed by atoms with E-state index in [9.17, 15) is 13.2 Å². The van der Waals surface area contributed by atoms with Gasteiger partial charge in [0.25, 0.3) is 6.17 Å². The van der Waals surface area contributed by atoms with Gasteiger partial charge in [-0.1, -0.05) is 11.6 Å². The summed E-state index contributed by atoms with van der Waals surface area (Å²) in [4.78, 5) is 0. The molecule has 6 nitrogen and oxygen atoms in total. The lowest BCUT2D eigenvalue weighted by molar-refractivity contribution is -0.169. The van der Waals surface area contributed by atoms with Gasteiger partial charge in [-0.15, -0.1) is 10.2 Å². The van der Waals surface area contributed by atoms with Gasteiger partial charge in [0.1, 0.15) is 18.1 Å². The summed E-state index contributed by atoms with van der Waals surface area (Å²) < 4.78 is 50.0. The van der Waals surface area contributed by atoms with Gasteiger partial charge in [0.15, 0.2) is 0 Å². The molecule has 0 amide bonds. The van der Waals surface area contributed by atoms with Crippen LogP contribution in [0.25, 0.3) is 0 Å². The molecule has 1 aliphatic rings. The number of hydrogen-bond acceptors (Lipinski definition) is 5. The summed E-state index contributed by atoms with van der Waals surface area (Å²) in [6.07, 6.45) is -5.62. The molecular formula is C18H14ClF3N4O2S. The molecule has 3 rings (SSSR count). The quantitative estimate of drug-likeness (QED) is 0.455. The highest BCUT2D eigenvalue weighted by Gasteiger charge is 2.48. The van der Waals surface area contributed by atoms with Crippen molar-refractivity contribution in [2.45, 2.75) is 18.9 Å². The van der Waals surface area contributed by atoms with Crippen molar-refractivity contribution in [3.8, 4) is 11.5 Å². The molecule has 0 fully saturated rings. The SMILES string of the molecule is COc1ccc(C=NN2C(=S)N=NC2C(F)(F)F)cc1COc1ccc(Cl)cc1. The fraction of sp³-hybridized carbons (Fsp3) is 0.222. The minimum absolute atomic E-state index is 0.171. The second-order valence-electron chi connectivity index (χ2n) is 5.82. The average Bonchev–Trinajstić information content (AvgIpc) is 3.07. The Hall–Kier alpha value is -2.72. The van der Waals surface area contributed by atoms with Gasteiger partial charge in [-0.25, -0.2) is 5.01 Å². The number of alkyl halides is 3. The van der Waals surface area contributed by atoms with Crippen molar-refractivity contribution in [2.24, 2.45) is 15.3 Å². The molecule has 2 aromatic carbocycles. The fourth-order valence-electron chi connectivity index (χ4n) is 2.43. The molecule has 1 heterocycles. The third kappa shape index (κ3) is 5.21. The zero-order valence-electron chi connectivity index (χ0n) is 14.9. The lowest BCUT2D eigenvalue weighted by atomic mass is 10.1. The van der Waals surface area contributed by atoms with Gasteiger partial charge in [0.2, 0.25) is 5.11 Å². The Bertz CT molecular complexity index is 951. The van der Waals surface area contributed by atoms with E-state index in [1.165, 1.54) is 13.3 Å². The van der Waals surface area contributed by atoms with Crippen LogP contribution in [0.1, 0.15) is 11.1 Å². The zero-order chi connectivity index (χ0) is 21.0. The molecule has 0 bridgehead atoms. The Morgan fingerprint density at radius 3 is 2.62 bits per heavy atom. The number of hydrogen-bond donors (Lipinski definition) is 0. The Morgan fingerprint density at radius 2 is 1.97 bits per heavy atom. The summed E-state index contributed by atoms with van der Waals surface area (Å²) in [5.74, 6) is 1.17. The molecule has 0 N–H and O–H groups in total. The number of benzene rings is 2. The number of azo groups is 1. The summed E-state index contributed by atoms with van der Waals surface area (Å²) >= 11 is 10.6. The molecule has 1 unspecified atom stereocenters. The molecule has 2 aromatic rings. The third-order valence-electron chi connectivity index (χ3n) is 3.82. The fourth-order valence-corrected chi connectivity index (χ4v) is 2.75. The van der Waals surface area contributed by atoms with Crippen LogP contribution in [0.4, 0.5) is 13.2 Å². The number of thiocarbonyl (C=S) groups is 1. The van der Waals surface area contributed by atoms with Crippen LogP contribution in [0.3, 0.4) is 0 Å². The van der Waals surface area contributed by atoms with Crippen LogP contribution in [0.2, 0.25) is 5.02 Å². The van der Waals surface area contributed by atoms with Gasteiger partial charge in [0, 0.05) is 10.6 Å². The maximum atomic E-state index is 13.0. The number of ether oxygens (including phenoxy) is 2. The Kier molecular flexibility index (Phi) is 6.33. The first-order valence-corrected chi connectivity index (χ1v) is 8.96. The molecule has 0 aromatic heterocycles. The van der Waals surface area contributed by atoms with Crippen molar-refractivity contribution in [1.82, 2.24) is 5.01 Å². The molecule has 0 saturated carbocycles. The van der Waals surface area contributed by atoms with Gasteiger partial charge >= 0.3 is 6.18 Å². The molecule has 0 spiro atoms. The summed E-state index contributed by atoms with van der Waals surface area (Å²) in [6.45, 7) is 0.171. The van der Waals surface area contributed by atoms with Gasteiger partial charge in [0.05, 0.1) is 13.3 Å². The first-order chi connectivity index (χ1) is 13.8. The van der Waals surface area contributed by atoms with Crippen LogP contribution in [0.5, 0.6) is 11.5 Å². The van der Waals surface area contributed by atoms with Crippen molar-refractivity contribution in [3.05, 3.63) is 58.6 Å². The Morgan fingerprint density at radius 1 is 1.24 bits per heavy atom. The molecule has 1 aliphatic heterocycles. The number of hydrazone groups is 1. The van der Waals surface area contributed by atoms with E-state index in [0.29, 0.717) is 32.7 Å². The second-order valence-corrected chi connectivity index (χ2v) is 6.62. The van der Waals surface area contributed by atoms with Gasteiger partial charge in [-0.3, -0.25) is 0 Å². The van der Waals surface area contributed by atoms with Crippen LogP contribution in [-0.4, -0.2) is 35.8 Å². The maximum absolute atomic E-state index is 13.0. The van der Waals surface area contributed by atoms with E-state index in [1.807, 2.05) is 0 Å². The molecule has 29 heavy (non-hydrogen) atoms. The smallest absolute Gasteiger partial charge is 0.433 e. The van der Waals surface area contributed by atoms with Crippen molar-refractivity contribution in [3.63, 3.8) is 0 Å². The summed E-state index contributed by atoms with van der Waals surface area (Å²) in [5.41, 5.74) is 1.20. The molecular weight excluding hydrogens is 429 g/mol. The van der Waals surface area contributed by atoms with Crippen LogP contribution >= 0.6 is 23.8 Å². The molecule has 1 atom stereocenters. The second kappa shape index (κ2) is 8.75. The molecule has 11 heteroatoms. The highest BCUT2D eigenvalue weighted by Crippen LogP contribution is 2.30. The van der Waals surface area contributed by atoms with Crippen molar-refractivity contribution in [1.29, 1.82) is 0 Å². The number of halogens is 4. The minimum Gasteiger partial charge on any atom is -0.496 e. The van der Waals surface area contributed by atoms with E-state index in [-0.39, 0.29) is 11.7 Å². The average molecular weight is 443 g/mol. The summed E-state index contributed by atoms with van der Waals surface area (Å²) in [7, 11) is 1.51. The van der Waals surface area contributed by atoms with Gasteiger partial charge in [-0.2, -0.15) is 18.3 Å². The standard InChI is InChI=1S/C18H14ClF3N4O2S/c1-27-15-7-2-11(8-12(15)10-28-14-5-3-13(19)4-6-14)9-23-26-16(18(20,21)22)24-25-17(26)29/h2-9,16H,10H2,1H3. The number of methoxy groups -OCH3 is 1. The normalized spacial score (nSPS) is 16.7. The zero-order valence-corrected chi connectivity index (χ0v) is 16.5. The van der Waals surface area contributed by atoms with E-state index >= 15 is 0 Å². The van der Waals surface area contributed by atoms with Crippen LogP contribution in [0.15, 0.2) is 57.8 Å². The molecule has 0 aliphatic carbocycles. The first kappa shape index (κ1) is 21.0. The van der Waals surface area contributed by atoms with Gasteiger partial charge < -0.3 is 9.47 Å². The van der Waals surface area contributed by atoms with Crippen molar-refractivity contribution >= 4 is 35.1 Å². The molecule has 152 valence electrons. The number of rotatable bonds is 6. The van der Waals surface area contributed by atoms with Crippen molar-refractivity contribution in [2.75, 3.05) is 7.11 Å². The topological polar surface area (TPSA) is 58.8 Å². The first-order valence-electron chi connectivity index (χ1n) is 8.18. The van der Waals surface area contributed by atoms with Crippen molar-refractivity contribution < 1.29 is 22.6 Å². The summed E-state index contributed by atoms with van der Waals surface area (Å²) in [6, 6.07) is 11.8. The lowest BCUT2D eigenvalue weighted by Crippen LogP contribution is -2.39. The molecule has 0 saturated heterocycles. The highest BCUT2D eigenvalue weighted by molar-refractivity contribution is 7.80. The number of nitrogens with zero attached hydrogens (tertiary/aromatic N) is 4. The lowest BCUT2D eigenvalue weighted by Gasteiger charge is -2.19. The summed E-state index contributed by atoms with van der Waals surface area (Å²) in [5, 5.41) is 11.0. The predicted octanol–water partition coefficient (Wildman–Crippen LogP) is 5.20. The van der Waals surface area contributed by atoms with E-state index in [4.69, 9.17) is 33.3 Å². The minimum atomic E-state index is -4.64. The highest BCUT2D eigenvalue weighted by atomic mass is 35.5. The van der Waals surface area contributed by atoms with E-state index in [2.05, 4.69) is 15.3 Å². The molecule has 0 radical (unpaired) electrons. The third-order valence-corrected chi connectivity index (χ3v) is 4.34. The van der Waals surface area contributed by atoms with Gasteiger partial charge in [-0.05, 0) is 60.2 Å². The maximum Gasteiger partial charge on any atom is 0.433 e. The van der Waals surface area contributed by atoms with Crippen LogP contribution in [0, 0.1) is 0 Å². The van der Waals surface area contributed by atoms with E-state index in [1.54, 1.807) is 42.5 Å². The van der Waals surface area contributed by atoms with E-state index in [0.717, 1.165) is 0 Å². The van der Waals surface area contributed by atoms with E-state index < -0.39 is 12.3 Å². The largest absolute Gasteiger partial charge is 0.496 e.